The van der Waals surface area contributed by atoms with Crippen LogP contribution >= 0.6 is 0 Å². The molecule has 3 aromatic carbocycles. The lowest BCUT2D eigenvalue weighted by atomic mass is 9.94. The first-order valence-electron chi connectivity index (χ1n) is 12.5. The van der Waals surface area contributed by atoms with Crippen LogP contribution in [0.15, 0.2) is 78.9 Å². The van der Waals surface area contributed by atoms with Crippen molar-refractivity contribution in [3.05, 3.63) is 84.4 Å². The number of nitrogens with zero attached hydrogens (tertiary/aromatic N) is 1. The first kappa shape index (κ1) is 24.4. The summed E-state index contributed by atoms with van der Waals surface area (Å²) >= 11 is 0. The minimum absolute atomic E-state index is 0.0441. The number of ether oxygens (including phenoxy) is 2. The first-order chi connectivity index (χ1) is 18.1. The van der Waals surface area contributed by atoms with E-state index < -0.39 is 17.9 Å². The molecule has 1 atom stereocenters. The van der Waals surface area contributed by atoms with Crippen molar-refractivity contribution in [2.24, 2.45) is 0 Å². The van der Waals surface area contributed by atoms with E-state index in [4.69, 9.17) is 9.47 Å². The predicted octanol–water partition coefficient (Wildman–Crippen LogP) is 4.58. The number of anilines is 2. The van der Waals surface area contributed by atoms with Crippen LogP contribution in [-0.2, 0) is 14.4 Å². The zero-order chi connectivity index (χ0) is 25.6. The molecule has 0 saturated heterocycles. The fourth-order valence-electron chi connectivity index (χ4n) is 4.82. The Hall–Kier alpha value is -4.33. The zero-order valence-corrected chi connectivity index (χ0v) is 20.4. The molecule has 1 saturated carbocycles. The van der Waals surface area contributed by atoms with E-state index in [1.165, 1.54) is 4.90 Å². The van der Waals surface area contributed by atoms with Gasteiger partial charge in [0.1, 0.15) is 6.04 Å². The molecule has 0 unspecified atom stereocenters. The second-order valence-corrected chi connectivity index (χ2v) is 9.19. The Labute approximate surface area is 215 Å². The number of rotatable bonds is 6. The third kappa shape index (κ3) is 5.58. The summed E-state index contributed by atoms with van der Waals surface area (Å²) < 4.78 is 10.7. The third-order valence-electron chi connectivity index (χ3n) is 6.65. The fourth-order valence-corrected chi connectivity index (χ4v) is 4.82. The highest BCUT2D eigenvalue weighted by Gasteiger charge is 2.37. The molecule has 3 amide bonds. The lowest BCUT2D eigenvalue weighted by Gasteiger charge is -2.33. The van der Waals surface area contributed by atoms with Crippen LogP contribution in [0.5, 0.6) is 11.5 Å². The highest BCUT2D eigenvalue weighted by atomic mass is 16.7. The number of carbonyl (C=O) groups is 3. The Bertz CT molecular complexity index is 1260. The Morgan fingerprint density at radius 3 is 2.22 bits per heavy atom. The summed E-state index contributed by atoms with van der Waals surface area (Å²) in [7, 11) is 0. The molecule has 190 valence electrons. The molecule has 0 bridgehead atoms. The molecule has 5 rings (SSSR count). The molecular formula is C29H29N3O5. The quantitative estimate of drug-likeness (QED) is 0.484. The van der Waals surface area contributed by atoms with Crippen LogP contribution in [0.2, 0.25) is 0 Å². The normalized spacial score (nSPS) is 15.5. The van der Waals surface area contributed by atoms with Crippen molar-refractivity contribution in [1.82, 2.24) is 5.32 Å². The average molecular weight is 500 g/mol. The molecule has 0 aromatic heterocycles. The van der Waals surface area contributed by atoms with E-state index in [0.717, 1.165) is 32.1 Å². The summed E-state index contributed by atoms with van der Waals surface area (Å²) in [5.74, 6) is -0.977. The summed E-state index contributed by atoms with van der Waals surface area (Å²) in [4.78, 5) is 42.1. The van der Waals surface area contributed by atoms with Crippen LogP contribution in [0.1, 0.15) is 43.7 Å². The molecule has 0 spiro atoms. The van der Waals surface area contributed by atoms with Gasteiger partial charge in [-0.1, -0.05) is 67.8 Å². The summed E-state index contributed by atoms with van der Waals surface area (Å²) in [6.45, 7) is 0.0995. The van der Waals surface area contributed by atoms with Crippen LogP contribution in [0, 0.1) is 0 Å². The van der Waals surface area contributed by atoms with E-state index in [9.17, 15) is 14.4 Å². The molecule has 1 fully saturated rings. The van der Waals surface area contributed by atoms with Crippen molar-refractivity contribution < 1.29 is 23.9 Å². The summed E-state index contributed by atoms with van der Waals surface area (Å²) in [5.41, 5.74) is 1.45. The summed E-state index contributed by atoms with van der Waals surface area (Å²) in [6, 6.07) is 21.8. The molecular weight excluding hydrogens is 470 g/mol. The second kappa shape index (κ2) is 11.2. The van der Waals surface area contributed by atoms with E-state index in [0.29, 0.717) is 28.4 Å². The number of nitrogens with one attached hydrogen (secondary N) is 2. The van der Waals surface area contributed by atoms with Crippen LogP contribution in [-0.4, -0.2) is 30.6 Å². The maximum absolute atomic E-state index is 13.8. The van der Waals surface area contributed by atoms with Crippen molar-refractivity contribution in [3.8, 4) is 11.5 Å². The SMILES string of the molecule is O=C(Nc1ccc2c(c1)OCO2)C(=O)N(c1ccccc1)[C@@H](C(=O)NC1CCCCC1)c1ccccc1. The number of fused-ring (bicyclic) bond motifs is 1. The number of hydrogen-bond acceptors (Lipinski definition) is 5. The molecule has 2 N–H and O–H groups in total. The van der Waals surface area contributed by atoms with Crippen molar-refractivity contribution in [3.63, 3.8) is 0 Å². The van der Waals surface area contributed by atoms with E-state index in [-0.39, 0.29) is 18.7 Å². The van der Waals surface area contributed by atoms with Gasteiger partial charge in [0.05, 0.1) is 0 Å². The van der Waals surface area contributed by atoms with Crippen LogP contribution in [0.4, 0.5) is 11.4 Å². The number of para-hydroxylation sites is 1. The summed E-state index contributed by atoms with van der Waals surface area (Å²) in [6.07, 6.45) is 5.07. The topological polar surface area (TPSA) is 97.0 Å². The first-order valence-corrected chi connectivity index (χ1v) is 12.5. The highest BCUT2D eigenvalue weighted by Crippen LogP contribution is 2.34. The van der Waals surface area contributed by atoms with Gasteiger partial charge in [0.2, 0.25) is 12.7 Å². The molecule has 1 aliphatic carbocycles. The van der Waals surface area contributed by atoms with Crippen LogP contribution < -0.4 is 25.0 Å². The van der Waals surface area contributed by atoms with Gasteiger partial charge in [-0.25, -0.2) is 0 Å². The molecule has 1 heterocycles. The van der Waals surface area contributed by atoms with E-state index >= 15 is 0 Å². The molecule has 1 aliphatic heterocycles. The Balaban J connectivity index is 1.47. The zero-order valence-electron chi connectivity index (χ0n) is 20.4. The van der Waals surface area contributed by atoms with Gasteiger partial charge >= 0.3 is 11.8 Å². The van der Waals surface area contributed by atoms with Crippen molar-refractivity contribution >= 4 is 29.1 Å². The maximum atomic E-state index is 13.8. The van der Waals surface area contributed by atoms with E-state index in [2.05, 4.69) is 10.6 Å². The fraction of sp³-hybridized carbons (Fsp3) is 0.276. The smallest absolute Gasteiger partial charge is 0.317 e. The number of benzene rings is 3. The van der Waals surface area contributed by atoms with Gasteiger partial charge in [-0.3, -0.25) is 19.3 Å². The van der Waals surface area contributed by atoms with Gasteiger partial charge in [0.15, 0.2) is 11.5 Å². The van der Waals surface area contributed by atoms with E-state index in [1.807, 2.05) is 24.3 Å². The van der Waals surface area contributed by atoms with Gasteiger partial charge in [-0.15, -0.1) is 0 Å². The van der Waals surface area contributed by atoms with Crippen LogP contribution in [0.25, 0.3) is 0 Å². The molecule has 2 aliphatic rings. The van der Waals surface area contributed by atoms with E-state index in [1.54, 1.807) is 54.6 Å². The molecule has 8 nitrogen and oxygen atoms in total. The number of hydrogen-bond donors (Lipinski definition) is 2. The average Bonchev–Trinajstić information content (AvgIpc) is 3.41. The Kier molecular flexibility index (Phi) is 7.35. The van der Waals surface area contributed by atoms with Crippen molar-refractivity contribution in [1.29, 1.82) is 0 Å². The Morgan fingerprint density at radius 1 is 0.811 bits per heavy atom. The third-order valence-corrected chi connectivity index (χ3v) is 6.65. The minimum Gasteiger partial charge on any atom is -0.454 e. The summed E-state index contributed by atoms with van der Waals surface area (Å²) in [5, 5.41) is 5.80. The molecule has 8 heteroatoms. The lowest BCUT2D eigenvalue weighted by Crippen LogP contribution is -2.50. The molecule has 3 aromatic rings. The monoisotopic (exact) mass is 499 g/mol. The minimum atomic E-state index is -1.03. The second-order valence-electron chi connectivity index (χ2n) is 9.19. The number of carbonyl (C=O) groups excluding carboxylic acids is 3. The van der Waals surface area contributed by atoms with Crippen LogP contribution in [0.3, 0.4) is 0 Å². The number of amides is 3. The van der Waals surface area contributed by atoms with Crippen molar-refractivity contribution in [2.75, 3.05) is 17.0 Å². The molecule has 37 heavy (non-hydrogen) atoms. The van der Waals surface area contributed by atoms with Gasteiger partial charge in [0, 0.05) is 23.5 Å². The maximum Gasteiger partial charge on any atom is 0.317 e. The van der Waals surface area contributed by atoms with Crippen molar-refractivity contribution in [2.45, 2.75) is 44.2 Å². The standard InChI is InChI=1S/C29H29N3O5/c33-27(30-21-12-6-2-7-13-21)26(20-10-4-1-5-11-20)32(23-14-8-3-9-15-23)29(35)28(34)31-22-16-17-24-25(18-22)37-19-36-24/h1,3-5,8-11,14-18,21,26H,2,6-7,12-13,19H2,(H,30,33)(H,31,34)/t26-/m1/s1. The van der Waals surface area contributed by atoms with Gasteiger partial charge in [0.25, 0.3) is 0 Å². The molecule has 0 radical (unpaired) electrons. The van der Waals surface area contributed by atoms with Gasteiger partial charge in [-0.2, -0.15) is 0 Å². The van der Waals surface area contributed by atoms with Gasteiger partial charge in [-0.05, 0) is 42.7 Å². The van der Waals surface area contributed by atoms with Gasteiger partial charge < -0.3 is 20.1 Å². The largest absolute Gasteiger partial charge is 0.454 e. The highest BCUT2D eigenvalue weighted by molar-refractivity contribution is 6.45. The lowest BCUT2D eigenvalue weighted by molar-refractivity contribution is -0.136. The predicted molar refractivity (Wildman–Crippen MR) is 139 cm³/mol. The Morgan fingerprint density at radius 2 is 1.49 bits per heavy atom.